The average Bonchev–Trinajstić information content (AvgIpc) is 1.80. The van der Waals surface area contributed by atoms with Gasteiger partial charge in [-0.2, -0.15) is 0 Å². The molecule has 7 heteroatoms. The first kappa shape index (κ1) is 14.5. The van der Waals surface area contributed by atoms with Crippen molar-refractivity contribution in [2.24, 2.45) is 0 Å². The van der Waals surface area contributed by atoms with E-state index in [1.165, 1.54) is 0 Å². The van der Waals surface area contributed by atoms with Gasteiger partial charge in [-0.25, -0.2) is 0 Å². The molecule has 0 aromatic rings. The van der Waals surface area contributed by atoms with Crippen molar-refractivity contribution in [2.75, 3.05) is 0 Å². The second kappa shape index (κ2) is 7.78. The molecule has 3 nitrogen and oxygen atoms in total. The van der Waals surface area contributed by atoms with Crippen LogP contribution in [0.1, 0.15) is 0 Å². The summed E-state index contributed by atoms with van der Waals surface area (Å²) in [5, 5.41) is 0. The Morgan fingerprint density at radius 3 is 1.00 bits per heavy atom. The Morgan fingerprint density at radius 1 is 0.615 bits per heavy atom. The summed E-state index contributed by atoms with van der Waals surface area (Å²) >= 11 is -3.16. The Labute approximate surface area is 96.1 Å². The maximum Gasteiger partial charge on any atom is 0.547 e. The smallest absolute Gasteiger partial charge is 0.521 e. The molecule has 0 rings (SSSR count). The van der Waals surface area contributed by atoms with Gasteiger partial charge in [-0.15, -0.1) is 0 Å². The van der Waals surface area contributed by atoms with Crippen molar-refractivity contribution in [3.63, 3.8) is 0 Å². The molecule has 0 aromatic heterocycles. The zero-order valence-electron chi connectivity index (χ0n) is 9.53. The van der Waals surface area contributed by atoms with Crippen LogP contribution in [0.25, 0.3) is 0 Å². The van der Waals surface area contributed by atoms with Gasteiger partial charge in [-0.05, 0) is 0 Å². The minimum absolute atomic E-state index is 0.356. The summed E-state index contributed by atoms with van der Waals surface area (Å²) in [5.74, 6) is 12.8. The highest BCUT2D eigenvalue weighted by Gasteiger charge is 2.27. The molecule has 0 spiro atoms. The summed E-state index contributed by atoms with van der Waals surface area (Å²) in [5.41, 5.74) is 0. The molecule has 13 heavy (non-hydrogen) atoms. The van der Waals surface area contributed by atoms with Gasteiger partial charge in [0.1, 0.15) is 0 Å². The van der Waals surface area contributed by atoms with Crippen LogP contribution in [-0.4, -0.2) is 50.8 Å². The summed E-state index contributed by atoms with van der Waals surface area (Å²) in [6.45, 7) is 0. The van der Waals surface area contributed by atoms with Crippen LogP contribution in [0.15, 0.2) is 0 Å². The van der Waals surface area contributed by atoms with Crippen LogP contribution in [0, 0.1) is 0 Å². The third kappa shape index (κ3) is 9.84. The number of hydrogen-bond acceptors (Lipinski definition) is 3. The van der Waals surface area contributed by atoms with E-state index in [2.05, 4.69) is 34.7 Å². The van der Waals surface area contributed by atoms with E-state index in [9.17, 15) is 0 Å². The van der Waals surface area contributed by atoms with Gasteiger partial charge in [0.25, 0.3) is 0 Å². The molecule has 0 amide bonds. The molecule has 0 atom stereocenters. The molecular formula is C6H18Al3BO3. The second-order valence-electron chi connectivity index (χ2n) is 3.84. The van der Waals surface area contributed by atoms with Gasteiger partial charge < -0.3 is 11.1 Å². The summed E-state index contributed by atoms with van der Waals surface area (Å²) in [4.78, 5) is 0. The van der Waals surface area contributed by atoms with Crippen molar-refractivity contribution < 1.29 is 11.1 Å². The maximum atomic E-state index is 5.64. The summed E-state index contributed by atoms with van der Waals surface area (Å²) in [6.07, 6.45) is 0. The van der Waals surface area contributed by atoms with Crippen LogP contribution in [0.4, 0.5) is 0 Å². The highest BCUT2D eigenvalue weighted by Crippen LogP contribution is 2.00. The summed E-state index contributed by atoms with van der Waals surface area (Å²) in [6, 6.07) is 0. The van der Waals surface area contributed by atoms with Crippen molar-refractivity contribution in [3.05, 3.63) is 0 Å². The van der Waals surface area contributed by atoms with Crippen LogP contribution >= 0.6 is 0 Å². The normalized spacial score (nSPS) is 9.69. The van der Waals surface area contributed by atoms with Crippen molar-refractivity contribution in [3.8, 4) is 0 Å². The van der Waals surface area contributed by atoms with Crippen LogP contribution in [0.2, 0.25) is 34.7 Å². The Morgan fingerprint density at radius 2 is 0.846 bits per heavy atom. The molecule has 0 N–H and O–H groups in total. The first-order valence-corrected chi connectivity index (χ1v) is 13.2. The third-order valence-electron chi connectivity index (χ3n) is 1.15. The molecule has 0 unspecified atom stereocenters. The lowest BCUT2D eigenvalue weighted by Gasteiger charge is -2.20. The van der Waals surface area contributed by atoms with Gasteiger partial charge in [-0.1, -0.05) is 34.7 Å². The molecule has 0 saturated heterocycles. The standard InChI is InChI=1S/6CH3.3Al.BO3/c;;;;;;;;;2-1(3)4/h6*1H3;;;;/q;;;;;;3*+1;-3. The van der Waals surface area contributed by atoms with Gasteiger partial charge in [0, 0.05) is 0 Å². The highest BCUT2D eigenvalue weighted by molar-refractivity contribution is 6.69. The lowest BCUT2D eigenvalue weighted by molar-refractivity contribution is 0.318. The van der Waals surface area contributed by atoms with Crippen LogP contribution in [-0.2, 0) is 11.1 Å². The second-order valence-corrected chi connectivity index (χ2v) is 11.0. The first-order valence-electron chi connectivity index (χ1n) is 4.88. The predicted octanol–water partition coefficient (Wildman–Crippen LogP) is 1.77. The van der Waals surface area contributed by atoms with Gasteiger partial charge in [-0.3, -0.25) is 0 Å². The summed E-state index contributed by atoms with van der Waals surface area (Å²) in [7, 11) is -0.356. The topological polar surface area (TPSA) is 27.7 Å². The van der Waals surface area contributed by atoms with Gasteiger partial charge in [0.15, 0.2) is 0 Å². The third-order valence-corrected chi connectivity index (χ3v) is 3.45. The van der Waals surface area contributed by atoms with Crippen molar-refractivity contribution in [1.82, 2.24) is 0 Å². The Hall–Kier alpha value is 1.54. The van der Waals surface area contributed by atoms with Crippen LogP contribution < -0.4 is 0 Å². The average molecular weight is 230 g/mol. The van der Waals surface area contributed by atoms with E-state index in [0.717, 1.165) is 0 Å². The zero-order chi connectivity index (χ0) is 10.4. The van der Waals surface area contributed by atoms with Gasteiger partial charge in [0.2, 0.25) is 0 Å². The molecule has 0 fully saturated rings. The van der Waals surface area contributed by atoms with E-state index < -0.39 is 43.4 Å². The fraction of sp³-hybridized carbons (Fsp3) is 1.00. The Bertz CT molecular complexity index is 111. The van der Waals surface area contributed by atoms with Crippen LogP contribution in [0.3, 0.4) is 0 Å². The maximum absolute atomic E-state index is 5.64. The minimum Gasteiger partial charge on any atom is -0.521 e. The largest absolute Gasteiger partial charge is 0.547 e. The number of rotatable bonds is 6. The molecule has 0 bridgehead atoms. The van der Waals surface area contributed by atoms with E-state index in [4.69, 9.17) is 11.1 Å². The lowest BCUT2D eigenvalue weighted by atomic mass is 10.3. The zero-order valence-corrected chi connectivity index (χ0v) is 13.0. The van der Waals surface area contributed by atoms with E-state index in [1.807, 2.05) is 0 Å². The molecule has 0 aliphatic carbocycles. The number of hydrogen-bond donors (Lipinski definition) is 0. The molecule has 0 radical (unpaired) electrons. The lowest BCUT2D eigenvalue weighted by Crippen LogP contribution is -2.38. The molecule has 0 heterocycles. The van der Waals surface area contributed by atoms with Crippen molar-refractivity contribution in [1.29, 1.82) is 0 Å². The van der Waals surface area contributed by atoms with Crippen molar-refractivity contribution >= 4 is 50.8 Å². The van der Waals surface area contributed by atoms with Crippen molar-refractivity contribution in [2.45, 2.75) is 34.7 Å². The fourth-order valence-corrected chi connectivity index (χ4v) is 2.87. The quantitative estimate of drug-likeness (QED) is 0.650. The summed E-state index contributed by atoms with van der Waals surface area (Å²) < 4.78 is 16.9. The van der Waals surface area contributed by atoms with Gasteiger partial charge >= 0.3 is 50.8 Å². The predicted molar refractivity (Wildman–Crippen MR) is 61.5 cm³/mol. The molecule has 0 saturated carbocycles. The minimum atomic E-state index is -1.05. The van der Waals surface area contributed by atoms with E-state index >= 15 is 0 Å². The fourth-order valence-electron chi connectivity index (χ4n) is 0.763. The van der Waals surface area contributed by atoms with Crippen LogP contribution in [0.5, 0.6) is 0 Å². The van der Waals surface area contributed by atoms with E-state index in [-0.39, 0.29) is 7.32 Å². The monoisotopic (exact) mass is 230 g/mol. The van der Waals surface area contributed by atoms with E-state index in [0.29, 0.717) is 0 Å². The molecule has 0 aromatic carbocycles. The highest BCUT2D eigenvalue weighted by atomic mass is 27.2. The Kier molecular flexibility index (Phi) is 8.71. The molecular weight excluding hydrogens is 212 g/mol. The molecule has 0 aliphatic heterocycles. The first-order chi connectivity index (χ1) is 5.91. The SMILES string of the molecule is [CH3][Al]([CH3])[O]B([O][Al]([CH3])[CH3])[O][Al]([CH3])[CH3]. The van der Waals surface area contributed by atoms with Gasteiger partial charge in [0.05, 0.1) is 0 Å². The molecule has 0 aliphatic rings. The molecule has 72 valence electrons. The Balaban J connectivity index is 3.87. The van der Waals surface area contributed by atoms with E-state index in [1.54, 1.807) is 0 Å².